The SMILES string of the molecule is NCC(Nc1ccc(Cl)cc1)c1cncc(Br)c1. The lowest BCUT2D eigenvalue weighted by Crippen LogP contribution is -2.20. The number of anilines is 1. The number of nitrogens with two attached hydrogens (primary N) is 1. The molecule has 0 spiro atoms. The summed E-state index contributed by atoms with van der Waals surface area (Å²) in [7, 11) is 0. The van der Waals surface area contributed by atoms with Gasteiger partial charge in [0, 0.05) is 34.1 Å². The number of hydrogen-bond acceptors (Lipinski definition) is 3. The molecule has 5 heteroatoms. The third-order valence-corrected chi connectivity index (χ3v) is 3.23. The lowest BCUT2D eigenvalue weighted by Gasteiger charge is -2.18. The first-order valence-electron chi connectivity index (χ1n) is 5.51. The third-order valence-electron chi connectivity index (χ3n) is 2.55. The van der Waals surface area contributed by atoms with Gasteiger partial charge in [-0.15, -0.1) is 0 Å². The Morgan fingerprint density at radius 1 is 1.28 bits per heavy atom. The van der Waals surface area contributed by atoms with Crippen LogP contribution in [0.25, 0.3) is 0 Å². The fraction of sp³-hybridized carbons (Fsp3) is 0.154. The summed E-state index contributed by atoms with van der Waals surface area (Å²) in [6.45, 7) is 0.487. The van der Waals surface area contributed by atoms with Gasteiger partial charge in [-0.1, -0.05) is 11.6 Å². The normalized spacial score (nSPS) is 12.2. The molecule has 0 aliphatic heterocycles. The highest BCUT2D eigenvalue weighted by molar-refractivity contribution is 9.10. The first-order chi connectivity index (χ1) is 8.69. The molecule has 0 bridgehead atoms. The fourth-order valence-electron chi connectivity index (χ4n) is 1.64. The van der Waals surface area contributed by atoms with E-state index in [1.807, 2.05) is 36.5 Å². The number of pyridine rings is 1. The van der Waals surface area contributed by atoms with Gasteiger partial charge in [0.2, 0.25) is 0 Å². The number of aromatic nitrogens is 1. The van der Waals surface area contributed by atoms with Crippen LogP contribution in [0, 0.1) is 0 Å². The molecule has 18 heavy (non-hydrogen) atoms. The average Bonchev–Trinajstić information content (AvgIpc) is 2.38. The second-order valence-electron chi connectivity index (χ2n) is 3.88. The molecule has 0 saturated carbocycles. The van der Waals surface area contributed by atoms with E-state index in [4.69, 9.17) is 17.3 Å². The van der Waals surface area contributed by atoms with E-state index in [9.17, 15) is 0 Å². The van der Waals surface area contributed by atoms with Gasteiger partial charge < -0.3 is 11.1 Å². The zero-order chi connectivity index (χ0) is 13.0. The lowest BCUT2D eigenvalue weighted by atomic mass is 10.1. The van der Waals surface area contributed by atoms with Crippen molar-refractivity contribution in [1.29, 1.82) is 0 Å². The van der Waals surface area contributed by atoms with Gasteiger partial charge in [0.25, 0.3) is 0 Å². The van der Waals surface area contributed by atoms with Crippen LogP contribution in [-0.4, -0.2) is 11.5 Å². The van der Waals surface area contributed by atoms with Crippen molar-refractivity contribution < 1.29 is 0 Å². The monoisotopic (exact) mass is 325 g/mol. The van der Waals surface area contributed by atoms with E-state index >= 15 is 0 Å². The predicted molar refractivity (Wildman–Crippen MR) is 78.8 cm³/mol. The summed E-state index contributed by atoms with van der Waals surface area (Å²) in [4.78, 5) is 4.15. The highest BCUT2D eigenvalue weighted by Gasteiger charge is 2.10. The Morgan fingerprint density at radius 2 is 2.00 bits per heavy atom. The molecule has 2 aromatic rings. The Bertz CT molecular complexity index is 516. The molecule has 3 nitrogen and oxygen atoms in total. The largest absolute Gasteiger partial charge is 0.377 e. The number of nitrogens with zero attached hydrogens (tertiary/aromatic N) is 1. The van der Waals surface area contributed by atoms with Crippen molar-refractivity contribution in [3.63, 3.8) is 0 Å². The van der Waals surface area contributed by atoms with Crippen LogP contribution in [0.15, 0.2) is 47.2 Å². The summed E-state index contributed by atoms with van der Waals surface area (Å²) >= 11 is 9.26. The fourth-order valence-corrected chi connectivity index (χ4v) is 2.15. The van der Waals surface area contributed by atoms with E-state index in [0.29, 0.717) is 11.6 Å². The molecule has 0 fully saturated rings. The highest BCUT2D eigenvalue weighted by atomic mass is 79.9. The van der Waals surface area contributed by atoms with Crippen molar-refractivity contribution in [2.45, 2.75) is 6.04 Å². The van der Waals surface area contributed by atoms with Crippen LogP contribution in [0.2, 0.25) is 5.02 Å². The molecule has 1 heterocycles. The zero-order valence-electron chi connectivity index (χ0n) is 9.61. The molecule has 0 aliphatic carbocycles. The quantitative estimate of drug-likeness (QED) is 0.902. The number of nitrogens with one attached hydrogen (secondary N) is 1. The minimum atomic E-state index is 0.0242. The van der Waals surface area contributed by atoms with Crippen LogP contribution in [-0.2, 0) is 0 Å². The van der Waals surface area contributed by atoms with E-state index in [1.165, 1.54) is 0 Å². The van der Waals surface area contributed by atoms with Crippen molar-refractivity contribution in [2.24, 2.45) is 5.73 Å². The number of benzene rings is 1. The lowest BCUT2D eigenvalue weighted by molar-refractivity contribution is 0.784. The Morgan fingerprint density at radius 3 is 2.61 bits per heavy atom. The van der Waals surface area contributed by atoms with Crippen LogP contribution in [0.1, 0.15) is 11.6 Å². The van der Waals surface area contributed by atoms with E-state index in [-0.39, 0.29) is 6.04 Å². The molecule has 94 valence electrons. The summed E-state index contributed by atoms with van der Waals surface area (Å²) < 4.78 is 0.941. The molecule has 1 aromatic carbocycles. The molecule has 0 aliphatic rings. The summed E-state index contributed by atoms with van der Waals surface area (Å²) in [5.74, 6) is 0. The summed E-state index contributed by atoms with van der Waals surface area (Å²) in [6, 6.07) is 9.57. The van der Waals surface area contributed by atoms with Crippen molar-refractivity contribution >= 4 is 33.2 Å². The Kier molecular flexibility index (Phi) is 4.58. The van der Waals surface area contributed by atoms with Gasteiger partial charge in [-0.25, -0.2) is 0 Å². The Hall–Kier alpha value is -1.10. The first-order valence-corrected chi connectivity index (χ1v) is 6.69. The minimum Gasteiger partial charge on any atom is -0.377 e. The summed E-state index contributed by atoms with van der Waals surface area (Å²) in [5.41, 5.74) is 7.83. The molecule has 0 amide bonds. The van der Waals surface area contributed by atoms with Crippen LogP contribution in [0.3, 0.4) is 0 Å². The molecular formula is C13H13BrClN3. The molecule has 1 atom stereocenters. The summed E-state index contributed by atoms with van der Waals surface area (Å²) in [6.07, 6.45) is 3.56. The molecule has 0 radical (unpaired) electrons. The predicted octanol–water partition coefficient (Wildman–Crippen LogP) is 3.61. The van der Waals surface area contributed by atoms with Gasteiger partial charge in [0.15, 0.2) is 0 Å². The maximum absolute atomic E-state index is 5.85. The van der Waals surface area contributed by atoms with Crippen LogP contribution in [0.4, 0.5) is 5.69 Å². The minimum absolute atomic E-state index is 0.0242. The van der Waals surface area contributed by atoms with Crippen molar-refractivity contribution in [3.05, 3.63) is 57.8 Å². The Balaban J connectivity index is 2.17. The molecule has 1 unspecified atom stereocenters. The molecule has 0 saturated heterocycles. The number of halogens is 2. The molecule has 1 aromatic heterocycles. The molecule has 2 rings (SSSR count). The highest BCUT2D eigenvalue weighted by Crippen LogP contribution is 2.22. The number of rotatable bonds is 4. The van der Waals surface area contributed by atoms with Gasteiger partial charge in [-0.05, 0) is 51.8 Å². The summed E-state index contributed by atoms with van der Waals surface area (Å²) in [5, 5.41) is 4.07. The third kappa shape index (κ3) is 3.45. The standard InChI is InChI=1S/C13H13BrClN3/c14-10-5-9(7-17-8-10)13(6-16)18-12-3-1-11(15)2-4-12/h1-5,7-8,13,18H,6,16H2. The number of hydrogen-bond donors (Lipinski definition) is 2. The van der Waals surface area contributed by atoms with Gasteiger partial charge in [0.1, 0.15) is 0 Å². The van der Waals surface area contributed by atoms with Gasteiger partial charge in [-0.3, -0.25) is 4.98 Å². The Labute approximate surface area is 119 Å². The van der Waals surface area contributed by atoms with Gasteiger partial charge in [0.05, 0.1) is 6.04 Å². The van der Waals surface area contributed by atoms with Crippen LogP contribution < -0.4 is 11.1 Å². The van der Waals surface area contributed by atoms with E-state index in [2.05, 4.69) is 26.2 Å². The van der Waals surface area contributed by atoms with E-state index in [1.54, 1.807) is 6.20 Å². The van der Waals surface area contributed by atoms with Crippen LogP contribution >= 0.6 is 27.5 Å². The first kappa shape index (κ1) is 13.3. The van der Waals surface area contributed by atoms with Gasteiger partial charge >= 0.3 is 0 Å². The van der Waals surface area contributed by atoms with E-state index in [0.717, 1.165) is 15.7 Å². The molecular weight excluding hydrogens is 314 g/mol. The molecule has 3 N–H and O–H groups in total. The van der Waals surface area contributed by atoms with Crippen molar-refractivity contribution in [2.75, 3.05) is 11.9 Å². The van der Waals surface area contributed by atoms with Crippen LogP contribution in [0.5, 0.6) is 0 Å². The maximum atomic E-state index is 5.85. The average molecular weight is 327 g/mol. The van der Waals surface area contributed by atoms with Gasteiger partial charge in [-0.2, -0.15) is 0 Å². The van der Waals surface area contributed by atoms with Crippen molar-refractivity contribution in [1.82, 2.24) is 4.98 Å². The second kappa shape index (κ2) is 6.18. The second-order valence-corrected chi connectivity index (χ2v) is 5.23. The topological polar surface area (TPSA) is 50.9 Å². The van der Waals surface area contributed by atoms with E-state index < -0.39 is 0 Å². The zero-order valence-corrected chi connectivity index (χ0v) is 11.9. The smallest absolute Gasteiger partial charge is 0.0651 e. The van der Waals surface area contributed by atoms with Crippen molar-refractivity contribution in [3.8, 4) is 0 Å². The maximum Gasteiger partial charge on any atom is 0.0651 e.